The third-order valence-electron chi connectivity index (χ3n) is 10.8. The normalized spacial score (nSPS) is 39.0. The second-order valence-corrected chi connectivity index (χ2v) is 12.6. The second kappa shape index (κ2) is 7.28. The number of rotatable bonds is 4. The summed E-state index contributed by atoms with van der Waals surface area (Å²) in [5.41, 5.74) is 0.0365. The fraction of sp³-hybridized carbons (Fsp3) is 0.750. The van der Waals surface area contributed by atoms with Crippen LogP contribution < -0.4 is 4.74 Å². The van der Waals surface area contributed by atoms with Crippen molar-refractivity contribution in [1.29, 1.82) is 0 Å². The van der Waals surface area contributed by atoms with Gasteiger partial charge in [-0.25, -0.2) is 4.79 Å². The van der Waals surface area contributed by atoms with Crippen LogP contribution in [-0.4, -0.2) is 73.6 Å². The Labute approximate surface area is 207 Å². The van der Waals surface area contributed by atoms with E-state index in [-0.39, 0.29) is 17.8 Å². The maximum absolute atomic E-state index is 12.9. The maximum Gasteiger partial charge on any atom is 0.408 e. The van der Waals surface area contributed by atoms with Crippen molar-refractivity contribution in [1.82, 2.24) is 9.80 Å². The highest BCUT2D eigenvalue weighted by Gasteiger charge is 2.74. The molecule has 5 atom stereocenters. The standard InChI is InChI=1S/C28H38N2O5/c1-26(10-3-2-4-11-26)30(25(32)33)19-9-12-28(34)21-15-18-7-8-20(31)23-22(18)27(28,24(19)35-23)13-14-29(21)16-17-5-6-17/h7-8,17,19,21,24,31,34H,2-6,9-16H2,1H3,(H,32,33)/t19-,21-,24+,27+,28-/m1/s1. The fourth-order valence-corrected chi connectivity index (χ4v) is 9.05. The Morgan fingerprint density at radius 2 is 1.91 bits per heavy atom. The van der Waals surface area contributed by atoms with E-state index in [9.17, 15) is 20.1 Å². The average Bonchev–Trinajstić information content (AvgIpc) is 3.56. The van der Waals surface area contributed by atoms with Crippen molar-refractivity contribution in [3.63, 3.8) is 0 Å². The van der Waals surface area contributed by atoms with E-state index < -0.39 is 28.8 Å². The van der Waals surface area contributed by atoms with Crippen molar-refractivity contribution in [2.24, 2.45) is 5.92 Å². The van der Waals surface area contributed by atoms with E-state index in [1.807, 2.05) is 6.07 Å². The predicted molar refractivity (Wildman–Crippen MR) is 130 cm³/mol. The summed E-state index contributed by atoms with van der Waals surface area (Å²) in [6.45, 7) is 4.03. The van der Waals surface area contributed by atoms with Crippen molar-refractivity contribution < 1.29 is 24.9 Å². The molecule has 4 aliphatic carbocycles. The molecule has 1 saturated heterocycles. The molecule has 4 fully saturated rings. The largest absolute Gasteiger partial charge is 0.504 e. The van der Waals surface area contributed by atoms with Crippen molar-refractivity contribution in [3.8, 4) is 11.5 Å². The first kappa shape index (κ1) is 22.2. The molecule has 7 rings (SSSR count). The van der Waals surface area contributed by atoms with Crippen LogP contribution in [0.3, 0.4) is 0 Å². The van der Waals surface area contributed by atoms with Gasteiger partial charge >= 0.3 is 6.09 Å². The fourth-order valence-electron chi connectivity index (χ4n) is 9.05. The van der Waals surface area contributed by atoms with Gasteiger partial charge in [0.25, 0.3) is 0 Å². The number of amides is 1. The second-order valence-electron chi connectivity index (χ2n) is 12.6. The number of carbonyl (C=O) groups is 1. The summed E-state index contributed by atoms with van der Waals surface area (Å²) in [5, 5.41) is 34.1. The van der Waals surface area contributed by atoms with Gasteiger partial charge in [-0.05, 0) is 82.4 Å². The number of carboxylic acid groups (broad SMARTS) is 1. The average molecular weight is 483 g/mol. The van der Waals surface area contributed by atoms with Crippen molar-refractivity contribution in [3.05, 3.63) is 23.3 Å². The molecule has 190 valence electrons. The first-order chi connectivity index (χ1) is 16.8. The van der Waals surface area contributed by atoms with E-state index in [1.165, 1.54) is 12.8 Å². The van der Waals surface area contributed by atoms with Crippen LogP contribution in [0, 0.1) is 5.92 Å². The third-order valence-corrected chi connectivity index (χ3v) is 10.8. The van der Waals surface area contributed by atoms with Crippen LogP contribution in [0.5, 0.6) is 11.5 Å². The number of hydrogen-bond donors (Lipinski definition) is 3. The van der Waals surface area contributed by atoms with Gasteiger partial charge in [0, 0.05) is 23.7 Å². The molecule has 7 heteroatoms. The number of likely N-dealkylation sites (tertiary alicyclic amines) is 1. The highest BCUT2D eigenvalue weighted by molar-refractivity contribution is 5.68. The molecule has 7 nitrogen and oxygen atoms in total. The molecule has 35 heavy (non-hydrogen) atoms. The molecule has 0 unspecified atom stereocenters. The van der Waals surface area contributed by atoms with Crippen LogP contribution >= 0.6 is 0 Å². The van der Waals surface area contributed by atoms with Gasteiger partial charge in [0.15, 0.2) is 11.5 Å². The molecule has 3 saturated carbocycles. The number of aliphatic hydroxyl groups is 1. The smallest absolute Gasteiger partial charge is 0.408 e. The summed E-state index contributed by atoms with van der Waals surface area (Å²) < 4.78 is 6.65. The van der Waals surface area contributed by atoms with E-state index in [0.717, 1.165) is 75.1 Å². The van der Waals surface area contributed by atoms with E-state index in [4.69, 9.17) is 4.74 Å². The quantitative estimate of drug-likeness (QED) is 0.600. The minimum absolute atomic E-state index is 0.00967. The number of nitrogens with zero attached hydrogens (tertiary/aromatic N) is 2. The summed E-state index contributed by atoms with van der Waals surface area (Å²) in [6.07, 6.45) is 8.79. The molecule has 0 aromatic heterocycles. The topological polar surface area (TPSA) is 93.5 Å². The zero-order valence-corrected chi connectivity index (χ0v) is 20.7. The molecule has 6 aliphatic rings. The Kier molecular flexibility index (Phi) is 4.63. The van der Waals surface area contributed by atoms with Crippen molar-refractivity contribution in [2.45, 2.75) is 112 Å². The number of phenols is 1. The van der Waals surface area contributed by atoms with Gasteiger partial charge in [0.05, 0.1) is 17.1 Å². The molecule has 1 aromatic carbocycles. The molecule has 1 spiro atoms. The Morgan fingerprint density at radius 3 is 2.63 bits per heavy atom. The van der Waals surface area contributed by atoms with Crippen molar-refractivity contribution in [2.75, 3.05) is 13.1 Å². The lowest BCUT2D eigenvalue weighted by atomic mass is 9.48. The van der Waals surface area contributed by atoms with E-state index >= 15 is 0 Å². The first-order valence-electron chi connectivity index (χ1n) is 13.8. The van der Waals surface area contributed by atoms with Gasteiger partial charge in [-0.3, -0.25) is 9.80 Å². The molecular weight excluding hydrogens is 444 g/mol. The molecule has 2 bridgehead atoms. The zero-order valence-electron chi connectivity index (χ0n) is 20.7. The predicted octanol–water partition coefficient (Wildman–Crippen LogP) is 4.03. The van der Waals surface area contributed by atoms with Crippen molar-refractivity contribution >= 4 is 6.09 Å². The van der Waals surface area contributed by atoms with Crippen LogP contribution in [0.25, 0.3) is 0 Å². The molecule has 3 N–H and O–H groups in total. The molecule has 2 heterocycles. The summed E-state index contributed by atoms with van der Waals surface area (Å²) in [7, 11) is 0. The number of ether oxygens (including phenoxy) is 1. The number of piperidine rings is 1. The van der Waals surface area contributed by atoms with Gasteiger partial charge in [-0.15, -0.1) is 0 Å². The minimum atomic E-state index is -0.981. The lowest BCUT2D eigenvalue weighted by molar-refractivity contribution is -0.203. The number of hydrogen-bond acceptors (Lipinski definition) is 5. The zero-order chi connectivity index (χ0) is 24.2. The highest BCUT2D eigenvalue weighted by Crippen LogP contribution is 2.66. The highest BCUT2D eigenvalue weighted by atomic mass is 16.5. The summed E-state index contributed by atoms with van der Waals surface area (Å²) in [4.78, 5) is 17.1. The monoisotopic (exact) mass is 482 g/mol. The van der Waals surface area contributed by atoms with Gasteiger partial charge in [0.1, 0.15) is 6.10 Å². The first-order valence-corrected chi connectivity index (χ1v) is 13.8. The maximum atomic E-state index is 12.9. The Balaban J connectivity index is 1.36. The van der Waals surface area contributed by atoms with Crippen LogP contribution in [0.2, 0.25) is 0 Å². The SMILES string of the molecule is CC1(N(C(=O)O)[C@@H]2CC[C@@]3(O)[C@H]4Cc5ccc(O)c6c5[C@@]3(CCN4CC3CC3)[C@H]2O6)CCCCC1. The van der Waals surface area contributed by atoms with Gasteiger partial charge in [-0.1, -0.05) is 25.3 Å². The molecule has 1 amide bonds. The van der Waals surface area contributed by atoms with Crippen LogP contribution in [0.1, 0.15) is 82.3 Å². The van der Waals surface area contributed by atoms with Crippen LogP contribution in [0.15, 0.2) is 12.1 Å². The van der Waals surface area contributed by atoms with E-state index in [0.29, 0.717) is 18.6 Å². The Bertz CT molecular complexity index is 1070. The van der Waals surface area contributed by atoms with Gasteiger partial charge in [-0.2, -0.15) is 0 Å². The summed E-state index contributed by atoms with van der Waals surface area (Å²) >= 11 is 0. The number of benzene rings is 1. The lowest BCUT2D eigenvalue weighted by Crippen LogP contribution is -2.79. The molecule has 1 aromatic rings. The van der Waals surface area contributed by atoms with Crippen LogP contribution in [0.4, 0.5) is 4.79 Å². The Hall–Kier alpha value is -1.99. The lowest BCUT2D eigenvalue weighted by Gasteiger charge is -2.65. The number of aromatic hydroxyl groups is 1. The van der Waals surface area contributed by atoms with Gasteiger partial charge < -0.3 is 20.1 Å². The molecule has 0 radical (unpaired) electrons. The van der Waals surface area contributed by atoms with E-state index in [1.54, 1.807) is 11.0 Å². The Morgan fingerprint density at radius 1 is 1.14 bits per heavy atom. The van der Waals surface area contributed by atoms with Gasteiger partial charge in [0.2, 0.25) is 0 Å². The van der Waals surface area contributed by atoms with Crippen LogP contribution in [-0.2, 0) is 11.8 Å². The molecule has 2 aliphatic heterocycles. The summed E-state index contributed by atoms with van der Waals surface area (Å²) in [6, 6.07) is 3.40. The summed E-state index contributed by atoms with van der Waals surface area (Å²) in [5.74, 6) is 1.34. The van der Waals surface area contributed by atoms with E-state index in [2.05, 4.69) is 11.8 Å². The molecular formula is C28H38N2O5. The number of phenolic OH excluding ortho intramolecular Hbond substituents is 1. The minimum Gasteiger partial charge on any atom is -0.504 e. The third kappa shape index (κ3) is 2.83.